The van der Waals surface area contributed by atoms with Crippen molar-refractivity contribution in [2.24, 2.45) is 0 Å². The van der Waals surface area contributed by atoms with Crippen molar-refractivity contribution in [1.29, 1.82) is 0 Å². The van der Waals surface area contributed by atoms with E-state index in [-0.39, 0.29) is 30.9 Å². The molecular weight excluding hydrogens is 338 g/mol. The molecule has 0 aliphatic carbocycles. The zero-order valence-electron chi connectivity index (χ0n) is 14.5. The molecule has 1 amide bonds. The largest absolute Gasteiger partial charge is 0.508 e. The molecule has 0 radical (unpaired) electrons. The number of carbonyl (C=O) groups excluding carboxylic acids is 1. The number of hydrogen-bond acceptors (Lipinski definition) is 6. The maximum absolute atomic E-state index is 11.7. The fourth-order valence-corrected chi connectivity index (χ4v) is 2.41. The highest BCUT2D eigenvalue weighted by Crippen LogP contribution is 2.31. The summed E-state index contributed by atoms with van der Waals surface area (Å²) >= 11 is 0. The number of methoxy groups -OCH3 is 1. The zero-order chi connectivity index (χ0) is 18.9. The van der Waals surface area contributed by atoms with E-state index in [4.69, 9.17) is 9.47 Å². The van der Waals surface area contributed by atoms with Gasteiger partial charge in [0.2, 0.25) is 0 Å². The van der Waals surface area contributed by atoms with E-state index in [1.807, 2.05) is 30.3 Å². The number of carbonyl (C=O) groups is 1. The Kier molecular flexibility index (Phi) is 7.25. The zero-order valence-corrected chi connectivity index (χ0v) is 14.5. The third-order valence-electron chi connectivity index (χ3n) is 3.82. The summed E-state index contributed by atoms with van der Waals surface area (Å²) in [7, 11) is 1.43. The van der Waals surface area contributed by atoms with Gasteiger partial charge in [0, 0.05) is 12.1 Å². The highest BCUT2D eigenvalue weighted by atomic mass is 16.5. The lowest BCUT2D eigenvalue weighted by Gasteiger charge is -2.20. The van der Waals surface area contributed by atoms with Gasteiger partial charge in [-0.05, 0) is 30.2 Å². The van der Waals surface area contributed by atoms with Gasteiger partial charge in [-0.25, -0.2) is 4.79 Å². The molecule has 0 saturated carbocycles. The monoisotopic (exact) mass is 361 g/mol. The van der Waals surface area contributed by atoms with Gasteiger partial charge in [0.25, 0.3) is 0 Å². The van der Waals surface area contributed by atoms with Gasteiger partial charge in [-0.3, -0.25) is 0 Å². The van der Waals surface area contributed by atoms with Crippen molar-refractivity contribution in [3.8, 4) is 11.5 Å². The third-order valence-corrected chi connectivity index (χ3v) is 3.82. The maximum atomic E-state index is 11.7. The summed E-state index contributed by atoms with van der Waals surface area (Å²) in [4.78, 5) is 11.7. The van der Waals surface area contributed by atoms with Crippen LogP contribution in [0.1, 0.15) is 23.7 Å². The number of alkyl carbamates (subject to hydrolysis) is 1. The molecule has 2 aromatic rings. The summed E-state index contributed by atoms with van der Waals surface area (Å²) in [6.45, 7) is 0.269. The summed E-state index contributed by atoms with van der Waals surface area (Å²) in [5.74, 6) is 0.305. The van der Waals surface area contributed by atoms with Crippen molar-refractivity contribution in [3.63, 3.8) is 0 Å². The second-order valence-electron chi connectivity index (χ2n) is 5.72. The van der Waals surface area contributed by atoms with Crippen molar-refractivity contribution in [2.45, 2.75) is 25.2 Å². The average Bonchev–Trinajstić information content (AvgIpc) is 2.66. The first-order valence-corrected chi connectivity index (χ1v) is 8.19. The SMILES string of the molecule is COc1ccc(O)cc1C(O)C(O)CCNC(=O)OCc1ccccc1. The fraction of sp³-hybridized carbons (Fsp3) is 0.316. The molecule has 7 heteroatoms. The molecule has 4 N–H and O–H groups in total. The highest BCUT2D eigenvalue weighted by Gasteiger charge is 2.22. The lowest BCUT2D eigenvalue weighted by Crippen LogP contribution is -2.29. The number of hydrogen-bond donors (Lipinski definition) is 4. The molecule has 0 fully saturated rings. The molecule has 140 valence electrons. The first-order valence-electron chi connectivity index (χ1n) is 8.19. The van der Waals surface area contributed by atoms with E-state index >= 15 is 0 Å². The standard InChI is InChI=1S/C19H23NO6/c1-25-17-8-7-14(21)11-15(17)18(23)16(22)9-10-20-19(24)26-12-13-5-3-2-4-6-13/h2-8,11,16,18,21-23H,9-10,12H2,1H3,(H,20,24). The minimum Gasteiger partial charge on any atom is -0.508 e. The van der Waals surface area contributed by atoms with Crippen LogP contribution in [-0.4, -0.2) is 41.2 Å². The number of nitrogens with one attached hydrogen (secondary N) is 1. The summed E-state index contributed by atoms with van der Waals surface area (Å²) in [5, 5.41) is 32.4. The van der Waals surface area contributed by atoms with Crippen LogP contribution in [0.5, 0.6) is 11.5 Å². The van der Waals surface area contributed by atoms with Crippen LogP contribution in [0.2, 0.25) is 0 Å². The van der Waals surface area contributed by atoms with Crippen LogP contribution >= 0.6 is 0 Å². The van der Waals surface area contributed by atoms with Crippen molar-refractivity contribution in [2.75, 3.05) is 13.7 Å². The van der Waals surface area contributed by atoms with Crippen LogP contribution in [-0.2, 0) is 11.3 Å². The predicted molar refractivity (Wildman–Crippen MR) is 94.9 cm³/mol. The van der Waals surface area contributed by atoms with Crippen LogP contribution in [0.25, 0.3) is 0 Å². The van der Waals surface area contributed by atoms with Gasteiger partial charge in [0.05, 0.1) is 13.2 Å². The predicted octanol–water partition coefficient (Wildman–Crippen LogP) is 2.11. The molecule has 2 rings (SSSR count). The Morgan fingerprint density at radius 3 is 2.58 bits per heavy atom. The molecule has 0 bridgehead atoms. The Morgan fingerprint density at radius 1 is 1.15 bits per heavy atom. The number of rotatable bonds is 8. The molecule has 0 aliphatic heterocycles. The van der Waals surface area contributed by atoms with Crippen LogP contribution in [0.4, 0.5) is 4.79 Å². The van der Waals surface area contributed by atoms with E-state index in [1.54, 1.807) is 0 Å². The lowest BCUT2D eigenvalue weighted by atomic mass is 10.0. The Labute approximate surface area is 151 Å². The van der Waals surface area contributed by atoms with E-state index in [0.29, 0.717) is 5.75 Å². The number of ether oxygens (including phenoxy) is 2. The molecule has 0 spiro atoms. The van der Waals surface area contributed by atoms with Gasteiger partial charge in [-0.15, -0.1) is 0 Å². The van der Waals surface area contributed by atoms with Gasteiger partial charge in [0.15, 0.2) is 0 Å². The van der Waals surface area contributed by atoms with Crippen molar-refractivity contribution < 1.29 is 29.6 Å². The Bertz CT molecular complexity index is 706. The molecule has 2 unspecified atom stereocenters. The van der Waals surface area contributed by atoms with Crippen molar-refractivity contribution >= 4 is 6.09 Å². The van der Waals surface area contributed by atoms with Crippen LogP contribution in [0, 0.1) is 0 Å². The summed E-state index contributed by atoms with van der Waals surface area (Å²) in [6.07, 6.45) is -2.93. The Balaban J connectivity index is 1.78. The molecule has 2 aromatic carbocycles. The lowest BCUT2D eigenvalue weighted by molar-refractivity contribution is 0.0122. The number of aliphatic hydroxyl groups is 2. The molecule has 0 aromatic heterocycles. The average molecular weight is 361 g/mol. The van der Waals surface area contributed by atoms with E-state index < -0.39 is 18.3 Å². The molecule has 0 aliphatic rings. The third kappa shape index (κ3) is 5.65. The van der Waals surface area contributed by atoms with Crippen molar-refractivity contribution in [3.05, 3.63) is 59.7 Å². The molecular formula is C19H23NO6. The Morgan fingerprint density at radius 2 is 1.88 bits per heavy atom. The summed E-state index contributed by atoms with van der Waals surface area (Å²) in [6, 6.07) is 13.5. The molecule has 2 atom stereocenters. The molecule has 7 nitrogen and oxygen atoms in total. The number of aliphatic hydroxyl groups excluding tert-OH is 2. The second kappa shape index (κ2) is 9.65. The van der Waals surface area contributed by atoms with E-state index in [1.165, 1.54) is 25.3 Å². The summed E-state index contributed by atoms with van der Waals surface area (Å²) in [5.41, 5.74) is 1.14. The van der Waals surface area contributed by atoms with Gasteiger partial charge in [0.1, 0.15) is 24.2 Å². The van der Waals surface area contributed by atoms with Crippen LogP contribution in [0.15, 0.2) is 48.5 Å². The van der Waals surface area contributed by atoms with Gasteiger partial charge in [-0.2, -0.15) is 0 Å². The Hall–Kier alpha value is -2.77. The van der Waals surface area contributed by atoms with E-state index in [0.717, 1.165) is 5.56 Å². The topological polar surface area (TPSA) is 108 Å². The first kappa shape index (κ1) is 19.6. The number of benzene rings is 2. The maximum Gasteiger partial charge on any atom is 0.407 e. The fourth-order valence-electron chi connectivity index (χ4n) is 2.41. The number of phenolic OH excluding ortho intramolecular Hbond substituents is 1. The molecule has 0 heterocycles. The van der Waals surface area contributed by atoms with Crippen molar-refractivity contribution in [1.82, 2.24) is 5.32 Å². The molecule has 0 saturated heterocycles. The second-order valence-corrected chi connectivity index (χ2v) is 5.72. The summed E-state index contributed by atoms with van der Waals surface area (Å²) < 4.78 is 10.2. The number of amides is 1. The van der Waals surface area contributed by atoms with Crippen LogP contribution in [0.3, 0.4) is 0 Å². The van der Waals surface area contributed by atoms with Gasteiger partial charge < -0.3 is 30.1 Å². The minimum atomic E-state index is -1.26. The molecule has 26 heavy (non-hydrogen) atoms. The van der Waals surface area contributed by atoms with Gasteiger partial charge >= 0.3 is 6.09 Å². The van der Waals surface area contributed by atoms with E-state index in [2.05, 4.69) is 5.32 Å². The minimum absolute atomic E-state index is 0.0466. The van der Waals surface area contributed by atoms with Gasteiger partial charge in [-0.1, -0.05) is 30.3 Å². The first-order chi connectivity index (χ1) is 12.5. The normalized spacial score (nSPS) is 12.9. The number of aromatic hydroxyl groups is 1. The van der Waals surface area contributed by atoms with E-state index in [9.17, 15) is 20.1 Å². The number of phenols is 1. The quantitative estimate of drug-likeness (QED) is 0.573. The smallest absolute Gasteiger partial charge is 0.407 e. The highest BCUT2D eigenvalue weighted by molar-refractivity contribution is 5.67. The van der Waals surface area contributed by atoms with Crippen LogP contribution < -0.4 is 10.1 Å².